The van der Waals surface area contributed by atoms with Gasteiger partial charge in [-0.15, -0.1) is 0 Å². The molecule has 80 valence electrons. The Labute approximate surface area is 91.3 Å². The standard InChI is InChI=1S/C12H17N3/c1-10(8-13)9-14-11-5-4-6-12(7-11)15(2)3/h4-7,10,14H,9H2,1-3H3. The van der Waals surface area contributed by atoms with Crippen molar-refractivity contribution in [2.75, 3.05) is 30.9 Å². The molecule has 0 saturated carbocycles. The molecule has 1 N–H and O–H groups in total. The van der Waals surface area contributed by atoms with Crippen molar-refractivity contribution in [3.05, 3.63) is 24.3 Å². The van der Waals surface area contributed by atoms with Gasteiger partial charge in [0.05, 0.1) is 12.0 Å². The van der Waals surface area contributed by atoms with E-state index >= 15 is 0 Å². The van der Waals surface area contributed by atoms with Gasteiger partial charge in [-0.05, 0) is 25.1 Å². The minimum absolute atomic E-state index is 0.0352. The van der Waals surface area contributed by atoms with E-state index in [4.69, 9.17) is 5.26 Å². The molecule has 0 spiro atoms. The third kappa shape index (κ3) is 3.51. The maximum atomic E-state index is 8.66. The van der Waals surface area contributed by atoms with E-state index in [1.54, 1.807) is 0 Å². The number of nitrogens with zero attached hydrogens (tertiary/aromatic N) is 2. The number of anilines is 2. The van der Waals surface area contributed by atoms with Crippen molar-refractivity contribution in [3.63, 3.8) is 0 Å². The maximum Gasteiger partial charge on any atom is 0.0671 e. The molecule has 0 fully saturated rings. The van der Waals surface area contributed by atoms with Crippen LogP contribution in [0.2, 0.25) is 0 Å². The first kappa shape index (κ1) is 11.4. The van der Waals surface area contributed by atoms with Gasteiger partial charge in [0.15, 0.2) is 0 Å². The average Bonchev–Trinajstić information content (AvgIpc) is 2.26. The summed E-state index contributed by atoms with van der Waals surface area (Å²) in [6.07, 6.45) is 0. The van der Waals surface area contributed by atoms with Crippen molar-refractivity contribution >= 4 is 11.4 Å². The molecule has 0 amide bonds. The number of rotatable bonds is 4. The predicted molar refractivity (Wildman–Crippen MR) is 64.0 cm³/mol. The van der Waals surface area contributed by atoms with Gasteiger partial charge in [0.25, 0.3) is 0 Å². The van der Waals surface area contributed by atoms with Gasteiger partial charge in [0.1, 0.15) is 0 Å². The summed E-state index contributed by atoms with van der Waals surface area (Å²) in [5.74, 6) is 0.0352. The van der Waals surface area contributed by atoms with E-state index in [-0.39, 0.29) is 5.92 Å². The van der Waals surface area contributed by atoms with Crippen LogP contribution in [-0.4, -0.2) is 20.6 Å². The van der Waals surface area contributed by atoms with Crippen LogP contribution in [0.15, 0.2) is 24.3 Å². The lowest BCUT2D eigenvalue weighted by Gasteiger charge is -2.14. The van der Waals surface area contributed by atoms with Crippen LogP contribution in [0.4, 0.5) is 11.4 Å². The quantitative estimate of drug-likeness (QED) is 0.816. The summed E-state index contributed by atoms with van der Waals surface area (Å²) in [7, 11) is 4.02. The second kappa shape index (κ2) is 5.26. The third-order valence-electron chi connectivity index (χ3n) is 2.20. The topological polar surface area (TPSA) is 39.1 Å². The number of hydrogen-bond donors (Lipinski definition) is 1. The van der Waals surface area contributed by atoms with Crippen LogP contribution >= 0.6 is 0 Å². The Hall–Kier alpha value is -1.69. The molecule has 1 aromatic rings. The molecule has 15 heavy (non-hydrogen) atoms. The first-order chi connectivity index (χ1) is 7.13. The van der Waals surface area contributed by atoms with Crippen LogP contribution in [0, 0.1) is 17.2 Å². The fourth-order valence-corrected chi connectivity index (χ4v) is 1.21. The summed E-state index contributed by atoms with van der Waals surface area (Å²) < 4.78 is 0. The van der Waals surface area contributed by atoms with Crippen molar-refractivity contribution in [1.29, 1.82) is 5.26 Å². The Morgan fingerprint density at radius 3 is 2.80 bits per heavy atom. The summed E-state index contributed by atoms with van der Waals surface area (Å²) in [5.41, 5.74) is 2.22. The van der Waals surface area contributed by atoms with Gasteiger partial charge < -0.3 is 10.2 Å². The number of hydrogen-bond acceptors (Lipinski definition) is 3. The highest BCUT2D eigenvalue weighted by molar-refractivity contribution is 5.57. The molecule has 3 nitrogen and oxygen atoms in total. The lowest BCUT2D eigenvalue weighted by atomic mass is 10.2. The second-order valence-electron chi connectivity index (χ2n) is 3.86. The smallest absolute Gasteiger partial charge is 0.0671 e. The molecule has 1 aromatic carbocycles. The highest BCUT2D eigenvalue weighted by Crippen LogP contribution is 2.17. The summed E-state index contributed by atoms with van der Waals surface area (Å²) in [4.78, 5) is 2.05. The highest BCUT2D eigenvalue weighted by Gasteiger charge is 2.00. The van der Waals surface area contributed by atoms with Crippen molar-refractivity contribution in [2.45, 2.75) is 6.92 Å². The van der Waals surface area contributed by atoms with E-state index in [0.717, 1.165) is 11.4 Å². The number of benzene rings is 1. The largest absolute Gasteiger partial charge is 0.384 e. The zero-order chi connectivity index (χ0) is 11.3. The van der Waals surface area contributed by atoms with Crippen molar-refractivity contribution in [3.8, 4) is 6.07 Å². The lowest BCUT2D eigenvalue weighted by Crippen LogP contribution is -2.11. The van der Waals surface area contributed by atoms with E-state index in [1.807, 2.05) is 33.2 Å². The number of nitrogens with one attached hydrogen (secondary N) is 1. The molecule has 0 aliphatic heterocycles. The van der Waals surface area contributed by atoms with Crippen molar-refractivity contribution in [1.82, 2.24) is 0 Å². The van der Waals surface area contributed by atoms with Crippen LogP contribution in [0.25, 0.3) is 0 Å². The molecule has 0 radical (unpaired) electrons. The van der Waals surface area contributed by atoms with Gasteiger partial charge in [0.2, 0.25) is 0 Å². The van der Waals surface area contributed by atoms with Crippen molar-refractivity contribution < 1.29 is 0 Å². The van der Waals surface area contributed by atoms with Crippen LogP contribution in [0.5, 0.6) is 0 Å². The van der Waals surface area contributed by atoms with Crippen LogP contribution in [-0.2, 0) is 0 Å². The maximum absolute atomic E-state index is 8.66. The SMILES string of the molecule is CC(C#N)CNc1cccc(N(C)C)c1. The van der Waals surface area contributed by atoms with Gasteiger partial charge in [0, 0.05) is 32.0 Å². The monoisotopic (exact) mass is 203 g/mol. The molecule has 0 aliphatic carbocycles. The van der Waals surface area contributed by atoms with Crippen LogP contribution < -0.4 is 10.2 Å². The van der Waals surface area contributed by atoms with E-state index in [2.05, 4.69) is 28.4 Å². The number of nitriles is 1. The van der Waals surface area contributed by atoms with Crippen LogP contribution in [0.1, 0.15) is 6.92 Å². The normalized spacial score (nSPS) is 11.6. The summed E-state index contributed by atoms with van der Waals surface area (Å²) in [6, 6.07) is 10.3. The third-order valence-corrected chi connectivity index (χ3v) is 2.20. The van der Waals surface area contributed by atoms with E-state index in [1.165, 1.54) is 0 Å². The molecule has 0 aliphatic rings. The molecular formula is C12H17N3. The Morgan fingerprint density at radius 1 is 1.47 bits per heavy atom. The van der Waals surface area contributed by atoms with Crippen molar-refractivity contribution in [2.24, 2.45) is 5.92 Å². The van der Waals surface area contributed by atoms with Gasteiger partial charge in [-0.3, -0.25) is 0 Å². The summed E-state index contributed by atoms with van der Waals surface area (Å²) in [6.45, 7) is 2.59. The molecule has 1 unspecified atom stereocenters. The molecule has 0 saturated heterocycles. The fourth-order valence-electron chi connectivity index (χ4n) is 1.21. The average molecular weight is 203 g/mol. The second-order valence-corrected chi connectivity index (χ2v) is 3.86. The zero-order valence-corrected chi connectivity index (χ0v) is 9.49. The minimum Gasteiger partial charge on any atom is -0.384 e. The first-order valence-electron chi connectivity index (χ1n) is 5.04. The molecule has 1 rings (SSSR count). The molecule has 3 heteroatoms. The minimum atomic E-state index is 0.0352. The van der Waals surface area contributed by atoms with E-state index < -0.39 is 0 Å². The lowest BCUT2D eigenvalue weighted by molar-refractivity contribution is 0.786. The molecule has 0 heterocycles. The van der Waals surface area contributed by atoms with Gasteiger partial charge in [-0.2, -0.15) is 5.26 Å². The molecule has 1 atom stereocenters. The molecule has 0 aromatic heterocycles. The molecular weight excluding hydrogens is 186 g/mol. The molecule has 0 bridgehead atoms. The summed E-state index contributed by atoms with van der Waals surface area (Å²) >= 11 is 0. The summed E-state index contributed by atoms with van der Waals surface area (Å²) in [5, 5.41) is 11.9. The Kier molecular flexibility index (Phi) is 3.99. The van der Waals surface area contributed by atoms with Crippen LogP contribution in [0.3, 0.4) is 0 Å². The fraction of sp³-hybridized carbons (Fsp3) is 0.417. The highest BCUT2D eigenvalue weighted by atomic mass is 15.1. The van der Waals surface area contributed by atoms with Gasteiger partial charge >= 0.3 is 0 Å². The first-order valence-corrected chi connectivity index (χ1v) is 5.04. The Morgan fingerprint density at radius 2 is 2.20 bits per heavy atom. The predicted octanol–water partition coefficient (Wildman–Crippen LogP) is 2.32. The zero-order valence-electron chi connectivity index (χ0n) is 9.49. The van der Waals surface area contributed by atoms with Gasteiger partial charge in [-0.25, -0.2) is 0 Å². The Balaban J connectivity index is 2.62. The Bertz CT molecular complexity index is 352. The van der Waals surface area contributed by atoms with E-state index in [0.29, 0.717) is 6.54 Å². The van der Waals surface area contributed by atoms with Gasteiger partial charge in [-0.1, -0.05) is 6.07 Å². The van der Waals surface area contributed by atoms with E-state index in [9.17, 15) is 0 Å².